The Bertz CT molecular complexity index is 216. The van der Waals surface area contributed by atoms with Gasteiger partial charge in [0.05, 0.1) is 12.0 Å². The van der Waals surface area contributed by atoms with Crippen molar-refractivity contribution in [2.24, 2.45) is 5.92 Å². The van der Waals surface area contributed by atoms with E-state index in [1.807, 2.05) is 0 Å². The van der Waals surface area contributed by atoms with Crippen molar-refractivity contribution in [3.8, 4) is 6.07 Å². The highest BCUT2D eigenvalue weighted by atomic mass is 16.5. The van der Waals surface area contributed by atoms with Crippen molar-refractivity contribution < 1.29 is 9.53 Å². The third-order valence-electron chi connectivity index (χ3n) is 2.02. The van der Waals surface area contributed by atoms with E-state index >= 15 is 0 Å². The van der Waals surface area contributed by atoms with Crippen LogP contribution in [0.25, 0.3) is 0 Å². The molecule has 0 aromatic carbocycles. The van der Waals surface area contributed by atoms with Gasteiger partial charge in [-0.25, -0.2) is 0 Å². The summed E-state index contributed by atoms with van der Waals surface area (Å²) in [5.74, 6) is -0.218. The van der Waals surface area contributed by atoms with Gasteiger partial charge in [0.15, 0.2) is 0 Å². The summed E-state index contributed by atoms with van der Waals surface area (Å²) in [4.78, 5) is 11.3. The molecule has 0 bridgehead atoms. The van der Waals surface area contributed by atoms with Gasteiger partial charge in [-0.2, -0.15) is 5.26 Å². The third kappa shape index (κ3) is 3.03. The first kappa shape index (κ1) is 10.0. The first-order chi connectivity index (χ1) is 6.24. The molecule has 1 aliphatic heterocycles. The van der Waals surface area contributed by atoms with Crippen molar-refractivity contribution in [2.75, 3.05) is 13.2 Å². The molecule has 0 aromatic rings. The molecule has 13 heavy (non-hydrogen) atoms. The summed E-state index contributed by atoms with van der Waals surface area (Å²) in [7, 11) is 0. The smallest absolute Gasteiger partial charge is 0.249 e. The van der Waals surface area contributed by atoms with Crippen molar-refractivity contribution >= 4 is 5.91 Å². The minimum absolute atomic E-state index is 0.0837. The van der Waals surface area contributed by atoms with Gasteiger partial charge in [-0.3, -0.25) is 4.79 Å². The summed E-state index contributed by atoms with van der Waals surface area (Å²) in [6.45, 7) is 2.86. The number of carbonyl (C=O) groups excluding carboxylic acids is 1. The lowest BCUT2D eigenvalue weighted by Gasteiger charge is -2.10. The van der Waals surface area contributed by atoms with Gasteiger partial charge in [-0.1, -0.05) is 0 Å². The van der Waals surface area contributed by atoms with Crippen molar-refractivity contribution in [3.05, 3.63) is 0 Å². The molecule has 72 valence electrons. The van der Waals surface area contributed by atoms with Crippen LogP contribution in [0.15, 0.2) is 0 Å². The minimum atomic E-state index is -0.286. The maximum absolute atomic E-state index is 11.3. The Morgan fingerprint density at radius 1 is 1.85 bits per heavy atom. The fraction of sp³-hybridized carbons (Fsp3) is 0.778. The molecule has 1 aliphatic rings. The molecule has 0 radical (unpaired) electrons. The van der Waals surface area contributed by atoms with Crippen LogP contribution in [0, 0.1) is 17.2 Å². The van der Waals surface area contributed by atoms with Crippen LogP contribution in [0.2, 0.25) is 0 Å². The molecule has 4 heteroatoms. The summed E-state index contributed by atoms with van der Waals surface area (Å²) >= 11 is 0. The van der Waals surface area contributed by atoms with Crippen LogP contribution in [-0.4, -0.2) is 25.2 Å². The van der Waals surface area contributed by atoms with E-state index < -0.39 is 0 Å². The highest BCUT2D eigenvalue weighted by Gasteiger charge is 2.23. The summed E-state index contributed by atoms with van der Waals surface area (Å²) in [6.07, 6.45) is 1.46. The zero-order valence-electron chi connectivity index (χ0n) is 7.75. The molecule has 2 unspecified atom stereocenters. The normalized spacial score (nSPS) is 23.5. The Balaban J connectivity index is 2.21. The van der Waals surface area contributed by atoms with Crippen LogP contribution in [0.4, 0.5) is 0 Å². The van der Waals surface area contributed by atoms with Gasteiger partial charge < -0.3 is 10.1 Å². The Hall–Kier alpha value is -1.08. The molecular weight excluding hydrogens is 168 g/mol. The fourth-order valence-electron chi connectivity index (χ4n) is 1.20. The van der Waals surface area contributed by atoms with Gasteiger partial charge in [0.1, 0.15) is 6.10 Å². The summed E-state index contributed by atoms with van der Waals surface area (Å²) in [6, 6.07) is 2.06. The average molecular weight is 182 g/mol. The quantitative estimate of drug-likeness (QED) is 0.689. The van der Waals surface area contributed by atoms with Gasteiger partial charge >= 0.3 is 0 Å². The zero-order chi connectivity index (χ0) is 9.68. The van der Waals surface area contributed by atoms with E-state index in [2.05, 4.69) is 11.4 Å². The third-order valence-corrected chi connectivity index (χ3v) is 2.02. The fourth-order valence-corrected chi connectivity index (χ4v) is 1.20. The van der Waals surface area contributed by atoms with Gasteiger partial charge in [-0.05, 0) is 19.8 Å². The van der Waals surface area contributed by atoms with Gasteiger partial charge in [-0.15, -0.1) is 0 Å². The number of ether oxygens (including phenoxy) is 1. The van der Waals surface area contributed by atoms with Crippen molar-refractivity contribution in [1.29, 1.82) is 5.26 Å². The maximum atomic E-state index is 11.3. The van der Waals surface area contributed by atoms with Gasteiger partial charge in [0.2, 0.25) is 5.91 Å². The van der Waals surface area contributed by atoms with E-state index in [1.165, 1.54) is 0 Å². The van der Waals surface area contributed by atoms with Gasteiger partial charge in [0, 0.05) is 13.2 Å². The zero-order valence-corrected chi connectivity index (χ0v) is 7.75. The predicted molar refractivity (Wildman–Crippen MR) is 46.8 cm³/mol. The van der Waals surface area contributed by atoms with Crippen molar-refractivity contribution in [3.63, 3.8) is 0 Å². The summed E-state index contributed by atoms with van der Waals surface area (Å²) < 4.78 is 5.19. The maximum Gasteiger partial charge on any atom is 0.249 e. The lowest BCUT2D eigenvalue weighted by Crippen LogP contribution is -2.36. The standard InChI is InChI=1S/C9H14N2O2/c1-7(5-10)6-11-9(12)8-3-2-4-13-8/h7-8H,2-4,6H2,1H3,(H,11,12). The van der Waals surface area contributed by atoms with Crippen molar-refractivity contribution in [1.82, 2.24) is 5.32 Å². The van der Waals surface area contributed by atoms with Gasteiger partial charge in [0.25, 0.3) is 0 Å². The van der Waals surface area contributed by atoms with E-state index in [0.29, 0.717) is 13.2 Å². The molecular formula is C9H14N2O2. The summed E-state index contributed by atoms with van der Waals surface area (Å²) in [5.41, 5.74) is 0. The topological polar surface area (TPSA) is 62.1 Å². The van der Waals surface area contributed by atoms with Crippen LogP contribution in [0.1, 0.15) is 19.8 Å². The Labute approximate surface area is 77.9 Å². The second-order valence-corrected chi connectivity index (χ2v) is 3.28. The molecule has 1 amide bonds. The number of nitrogens with one attached hydrogen (secondary N) is 1. The number of hydrogen-bond acceptors (Lipinski definition) is 3. The molecule has 0 spiro atoms. The first-order valence-corrected chi connectivity index (χ1v) is 4.53. The number of nitriles is 1. The average Bonchev–Trinajstić information content (AvgIpc) is 2.66. The van der Waals surface area contributed by atoms with Crippen LogP contribution >= 0.6 is 0 Å². The molecule has 1 N–H and O–H groups in total. The van der Waals surface area contributed by atoms with Crippen molar-refractivity contribution in [2.45, 2.75) is 25.9 Å². The largest absolute Gasteiger partial charge is 0.368 e. The van der Waals surface area contributed by atoms with E-state index in [4.69, 9.17) is 10.00 Å². The first-order valence-electron chi connectivity index (χ1n) is 4.53. The highest BCUT2D eigenvalue weighted by molar-refractivity contribution is 5.80. The molecule has 0 aliphatic carbocycles. The number of rotatable bonds is 3. The number of amides is 1. The Kier molecular flexibility index (Phi) is 3.71. The van der Waals surface area contributed by atoms with Crippen LogP contribution in [-0.2, 0) is 9.53 Å². The van der Waals surface area contributed by atoms with Crippen LogP contribution in [0.5, 0.6) is 0 Å². The molecule has 1 saturated heterocycles. The Morgan fingerprint density at radius 2 is 2.62 bits per heavy atom. The predicted octanol–water partition coefficient (Wildman–Crippen LogP) is 0.441. The SMILES string of the molecule is CC(C#N)CNC(=O)C1CCCO1. The number of nitrogens with zero attached hydrogens (tertiary/aromatic N) is 1. The molecule has 1 rings (SSSR count). The monoisotopic (exact) mass is 182 g/mol. The van der Waals surface area contributed by atoms with Crippen LogP contribution in [0.3, 0.4) is 0 Å². The van der Waals surface area contributed by atoms with E-state index in [-0.39, 0.29) is 17.9 Å². The number of carbonyl (C=O) groups is 1. The molecule has 1 heterocycles. The van der Waals surface area contributed by atoms with Crippen LogP contribution < -0.4 is 5.32 Å². The lowest BCUT2D eigenvalue weighted by molar-refractivity contribution is -0.130. The Morgan fingerprint density at radius 3 is 3.15 bits per heavy atom. The second kappa shape index (κ2) is 4.83. The summed E-state index contributed by atoms with van der Waals surface area (Å²) in [5, 5.41) is 11.2. The number of hydrogen-bond donors (Lipinski definition) is 1. The van der Waals surface area contributed by atoms with E-state index in [0.717, 1.165) is 12.8 Å². The van der Waals surface area contributed by atoms with E-state index in [1.54, 1.807) is 6.92 Å². The second-order valence-electron chi connectivity index (χ2n) is 3.28. The molecule has 0 aromatic heterocycles. The highest BCUT2D eigenvalue weighted by Crippen LogP contribution is 2.11. The molecule has 2 atom stereocenters. The van der Waals surface area contributed by atoms with E-state index in [9.17, 15) is 4.79 Å². The lowest BCUT2D eigenvalue weighted by atomic mass is 10.2. The molecule has 4 nitrogen and oxygen atoms in total. The molecule has 0 saturated carbocycles. The molecule has 1 fully saturated rings. The minimum Gasteiger partial charge on any atom is -0.368 e.